The molecule has 0 saturated carbocycles. The molecular weight excluding hydrogens is 582 g/mol. The fraction of sp³-hybridized carbons (Fsp3) is 0.278. The fourth-order valence-corrected chi connectivity index (χ4v) is 5.18. The highest BCUT2D eigenvalue weighted by Crippen LogP contribution is 2.46. The van der Waals surface area contributed by atoms with Crippen molar-refractivity contribution in [3.63, 3.8) is 0 Å². The van der Waals surface area contributed by atoms with E-state index in [1.165, 1.54) is 0 Å². The van der Waals surface area contributed by atoms with Crippen LogP contribution in [0.5, 0.6) is 0 Å². The van der Waals surface area contributed by atoms with E-state index in [-0.39, 0.29) is 0 Å². The highest BCUT2D eigenvalue weighted by atomic mass is 79.9. The summed E-state index contributed by atoms with van der Waals surface area (Å²) in [6, 6.07) is 3.60. The van der Waals surface area contributed by atoms with Gasteiger partial charge in [0.05, 0.1) is 5.75 Å². The summed E-state index contributed by atoms with van der Waals surface area (Å²) in [5.41, 5.74) is -4.85. The largest absolute Gasteiger partial charge is 0.459 e. The van der Waals surface area contributed by atoms with Gasteiger partial charge in [0.15, 0.2) is 26.4 Å². The van der Waals surface area contributed by atoms with Crippen LogP contribution in [0.2, 0.25) is 0 Å². The van der Waals surface area contributed by atoms with Gasteiger partial charge in [-0.25, -0.2) is 23.4 Å². The Balaban J connectivity index is 2.16. The maximum Gasteiger partial charge on any atom is 0.459 e. The minimum Gasteiger partial charge on any atom is -0.278 e. The van der Waals surface area contributed by atoms with Crippen LogP contribution >= 0.6 is 15.9 Å². The van der Waals surface area contributed by atoms with Crippen LogP contribution in [-0.4, -0.2) is 44.1 Å². The molecule has 17 heteroatoms. The molecule has 0 spiro atoms. The molecule has 0 aliphatic carbocycles. The molecule has 188 valence electrons. The number of hydrogen-bond acceptors (Lipinski definition) is 5. The summed E-state index contributed by atoms with van der Waals surface area (Å²) in [6.45, 7) is 1.15. The Hall–Kier alpha value is -2.82. The van der Waals surface area contributed by atoms with Gasteiger partial charge in [-0.15, -0.1) is 0 Å². The van der Waals surface area contributed by atoms with Gasteiger partial charge in [-0.3, -0.25) is 8.80 Å². The first-order valence-electron chi connectivity index (χ1n) is 9.32. The second-order valence-corrected chi connectivity index (χ2v) is 10.0. The van der Waals surface area contributed by atoms with Gasteiger partial charge in [-0.2, -0.15) is 35.1 Å². The Labute approximate surface area is 198 Å². The van der Waals surface area contributed by atoms with E-state index in [9.17, 15) is 43.5 Å². The second-order valence-electron chi connectivity index (χ2n) is 7.06. The van der Waals surface area contributed by atoms with E-state index in [2.05, 4.69) is 30.9 Å². The molecule has 4 heterocycles. The molecule has 7 nitrogen and oxygen atoms in total. The van der Waals surface area contributed by atoms with E-state index in [0.29, 0.717) is 14.9 Å². The summed E-state index contributed by atoms with van der Waals surface area (Å²) >= 11 is 2.63. The summed E-state index contributed by atoms with van der Waals surface area (Å²) in [5, 5.41) is -0.965. The van der Waals surface area contributed by atoms with Crippen LogP contribution in [0.4, 0.5) is 35.1 Å². The Morgan fingerprint density at radius 2 is 1.57 bits per heavy atom. The lowest BCUT2D eigenvalue weighted by molar-refractivity contribution is -0.291. The predicted molar refractivity (Wildman–Crippen MR) is 108 cm³/mol. The van der Waals surface area contributed by atoms with Gasteiger partial charge in [0.25, 0.3) is 0 Å². The quantitative estimate of drug-likeness (QED) is 0.302. The Bertz CT molecular complexity index is 1570. The van der Waals surface area contributed by atoms with E-state index >= 15 is 0 Å². The Morgan fingerprint density at radius 1 is 0.943 bits per heavy atom. The van der Waals surface area contributed by atoms with Crippen molar-refractivity contribution in [2.45, 2.75) is 30.2 Å². The van der Waals surface area contributed by atoms with Gasteiger partial charge in [-0.1, -0.05) is 13.0 Å². The maximum atomic E-state index is 14.1. The number of aromatic nitrogens is 5. The first-order valence-corrected chi connectivity index (χ1v) is 11.8. The molecular formula is C18H10BrF8N5O2S. The lowest BCUT2D eigenvalue weighted by atomic mass is 10.2. The number of fused-ring (bicyclic) bond motifs is 2. The van der Waals surface area contributed by atoms with Crippen molar-refractivity contribution in [1.29, 1.82) is 0 Å². The topological polar surface area (TPSA) is 81.6 Å². The fourth-order valence-electron chi connectivity index (χ4n) is 3.32. The highest BCUT2D eigenvalue weighted by Gasteiger charge is 2.61. The zero-order valence-corrected chi connectivity index (χ0v) is 19.4. The molecule has 0 bridgehead atoms. The number of alkyl halides is 8. The van der Waals surface area contributed by atoms with Crippen LogP contribution in [0, 0.1) is 0 Å². The minimum absolute atomic E-state index is 0.324. The molecule has 0 unspecified atom stereocenters. The van der Waals surface area contributed by atoms with E-state index in [0.717, 1.165) is 31.3 Å². The lowest BCUT2D eigenvalue weighted by Crippen LogP contribution is -2.34. The van der Waals surface area contributed by atoms with Crippen molar-refractivity contribution >= 4 is 37.1 Å². The van der Waals surface area contributed by atoms with E-state index in [1.807, 2.05) is 0 Å². The zero-order chi connectivity index (χ0) is 26.1. The van der Waals surface area contributed by atoms with Gasteiger partial charge in [0, 0.05) is 6.20 Å². The van der Waals surface area contributed by atoms with E-state index in [4.69, 9.17) is 0 Å². The molecule has 0 amide bonds. The maximum absolute atomic E-state index is 14.1. The number of imidazole rings is 2. The molecule has 4 aromatic heterocycles. The molecule has 0 aliphatic rings. The van der Waals surface area contributed by atoms with Crippen LogP contribution in [0.25, 0.3) is 22.8 Å². The predicted octanol–water partition coefficient (Wildman–Crippen LogP) is 5.27. The number of rotatable bonds is 4. The molecule has 4 rings (SSSR count). The molecule has 0 saturated heterocycles. The number of halogens is 9. The van der Waals surface area contributed by atoms with Crippen molar-refractivity contribution in [1.82, 2.24) is 23.8 Å². The number of sulfone groups is 1. The van der Waals surface area contributed by atoms with Crippen molar-refractivity contribution < 1.29 is 43.5 Å². The van der Waals surface area contributed by atoms with Gasteiger partial charge in [0.1, 0.15) is 27.3 Å². The van der Waals surface area contributed by atoms with Crippen LogP contribution < -0.4 is 0 Å². The van der Waals surface area contributed by atoms with Crippen molar-refractivity contribution in [2.24, 2.45) is 0 Å². The van der Waals surface area contributed by atoms with Crippen LogP contribution in [0.1, 0.15) is 18.3 Å². The smallest absolute Gasteiger partial charge is 0.278 e. The van der Waals surface area contributed by atoms with E-state index in [1.54, 1.807) is 0 Å². The highest BCUT2D eigenvalue weighted by molar-refractivity contribution is 9.10. The minimum atomic E-state index is -6.03. The lowest BCUT2D eigenvalue weighted by Gasteiger charge is -2.17. The average Bonchev–Trinajstić information content (AvgIpc) is 3.31. The monoisotopic (exact) mass is 591 g/mol. The molecule has 4 aromatic rings. The Morgan fingerprint density at radius 3 is 2.14 bits per heavy atom. The first-order chi connectivity index (χ1) is 16.0. The van der Waals surface area contributed by atoms with Gasteiger partial charge in [0.2, 0.25) is 0 Å². The van der Waals surface area contributed by atoms with Crippen LogP contribution in [-0.2, 0) is 21.9 Å². The third kappa shape index (κ3) is 3.84. The van der Waals surface area contributed by atoms with Crippen LogP contribution in [0.3, 0.4) is 0 Å². The van der Waals surface area contributed by atoms with Crippen molar-refractivity contribution in [3.8, 4) is 11.5 Å². The molecule has 0 fully saturated rings. The van der Waals surface area contributed by atoms with Gasteiger partial charge >= 0.3 is 18.3 Å². The summed E-state index contributed by atoms with van der Waals surface area (Å²) < 4.78 is 134. The SMILES string of the molecule is CCS(=O)(=O)c1c(-c2nccc3nc(C(F)(F)C(F)(F)F)c(Br)n23)nc2cccc(C(F)(F)F)n12. The van der Waals surface area contributed by atoms with Gasteiger partial charge in [-0.05, 0) is 34.1 Å². The molecule has 0 atom stereocenters. The third-order valence-electron chi connectivity index (χ3n) is 4.91. The molecule has 0 aliphatic heterocycles. The van der Waals surface area contributed by atoms with E-state index < -0.39 is 77.7 Å². The first kappa shape index (κ1) is 25.3. The second kappa shape index (κ2) is 7.84. The summed E-state index contributed by atoms with van der Waals surface area (Å²) in [5.74, 6) is -6.73. The molecule has 35 heavy (non-hydrogen) atoms. The number of pyridine rings is 1. The number of nitrogens with zero attached hydrogens (tertiary/aromatic N) is 5. The Kier molecular flexibility index (Phi) is 5.66. The van der Waals surface area contributed by atoms with Gasteiger partial charge < -0.3 is 0 Å². The zero-order valence-electron chi connectivity index (χ0n) is 17.0. The third-order valence-corrected chi connectivity index (χ3v) is 7.37. The molecule has 0 radical (unpaired) electrons. The summed E-state index contributed by atoms with van der Waals surface area (Å²) in [6.07, 6.45) is -10.1. The molecule has 0 N–H and O–H groups in total. The summed E-state index contributed by atoms with van der Waals surface area (Å²) in [4.78, 5) is 11.1. The normalized spacial score (nSPS) is 13.8. The average molecular weight is 592 g/mol. The number of hydrogen-bond donors (Lipinski definition) is 0. The van der Waals surface area contributed by atoms with Crippen molar-refractivity contribution in [2.75, 3.05) is 5.75 Å². The molecule has 0 aromatic carbocycles. The standard InChI is InChI=1S/C18H10BrF8N5O2S/c1-2-35(33,34)15-11(29-9-5-3-4-8(31(9)15)17(22,23)24)14-28-7-6-10-30-12(13(19)32(10)14)16(20,21)18(25,26)27/h3-7H,2H2,1H3. The van der Waals surface area contributed by atoms with Crippen LogP contribution in [0.15, 0.2) is 40.1 Å². The van der Waals surface area contributed by atoms with Crippen molar-refractivity contribution in [3.05, 3.63) is 46.5 Å². The summed E-state index contributed by atoms with van der Waals surface area (Å²) in [7, 11) is -4.49.